The number of carbonyl (C=O) groups excluding carboxylic acids is 1. The fraction of sp³-hybridized carbons (Fsp3) is 0. The van der Waals surface area contributed by atoms with Crippen LogP contribution in [0.3, 0.4) is 0 Å². The van der Waals surface area contributed by atoms with Gasteiger partial charge in [-0.25, -0.2) is 9.97 Å². The molecule has 0 aliphatic carbocycles. The van der Waals surface area contributed by atoms with Gasteiger partial charge in [0.05, 0.1) is 16.0 Å². The van der Waals surface area contributed by atoms with E-state index in [4.69, 9.17) is 11.6 Å². The van der Waals surface area contributed by atoms with Gasteiger partial charge in [0.15, 0.2) is 0 Å². The smallest absolute Gasteiger partial charge is 0.219 e. The lowest BCUT2D eigenvalue weighted by atomic mass is 10.2. The van der Waals surface area contributed by atoms with Crippen molar-refractivity contribution in [1.82, 2.24) is 15.0 Å². The Morgan fingerprint density at radius 2 is 1.86 bits per heavy atom. The highest BCUT2D eigenvalue weighted by atomic mass is 35.5. The van der Waals surface area contributed by atoms with E-state index in [0.29, 0.717) is 21.4 Å². The molecule has 0 saturated heterocycles. The maximum absolute atomic E-state index is 13.0. The van der Waals surface area contributed by atoms with Gasteiger partial charge in [0.1, 0.15) is 17.0 Å². The maximum Gasteiger partial charge on any atom is 0.219 e. The second-order valence-corrected chi connectivity index (χ2v) is 7.75. The predicted molar refractivity (Wildman–Crippen MR) is 114 cm³/mol. The zero-order valence-corrected chi connectivity index (χ0v) is 16.0. The lowest BCUT2D eigenvalue weighted by molar-refractivity contribution is 0.103. The minimum Gasteiger partial charge on any atom is -0.352 e. The highest BCUT2D eigenvalue weighted by molar-refractivity contribution is 7.20. The van der Waals surface area contributed by atoms with E-state index in [1.54, 1.807) is 12.1 Å². The van der Waals surface area contributed by atoms with E-state index in [-0.39, 0.29) is 5.78 Å². The molecule has 5 nitrogen and oxygen atoms in total. The van der Waals surface area contributed by atoms with Crippen LogP contribution in [-0.2, 0) is 0 Å². The van der Waals surface area contributed by atoms with Crippen LogP contribution in [0, 0.1) is 0 Å². The van der Waals surface area contributed by atoms with Crippen molar-refractivity contribution in [3.8, 4) is 0 Å². The van der Waals surface area contributed by atoms with Crippen molar-refractivity contribution in [1.29, 1.82) is 0 Å². The van der Waals surface area contributed by atoms with Crippen LogP contribution in [0.5, 0.6) is 0 Å². The second-order valence-electron chi connectivity index (χ2n) is 6.28. The van der Waals surface area contributed by atoms with Gasteiger partial charge in [-0.1, -0.05) is 29.8 Å². The van der Waals surface area contributed by atoms with Crippen molar-refractivity contribution >= 4 is 61.3 Å². The van der Waals surface area contributed by atoms with Gasteiger partial charge in [0, 0.05) is 21.6 Å². The number of fused-ring (bicyclic) bond motifs is 2. The standard InChI is InChI=1S/C21H13ClN4OS/c22-13-5-7-14(8-6-13)25-20-15-10-18(28-21(15)24-11-23-20)19(27)17-9-12-3-1-2-4-16(12)26-17/h1-11,26H,(H,23,24,25). The summed E-state index contributed by atoms with van der Waals surface area (Å²) in [6, 6.07) is 18.9. The number of ketones is 1. The van der Waals surface area contributed by atoms with Crippen molar-refractivity contribution in [3.05, 3.63) is 82.6 Å². The van der Waals surface area contributed by atoms with Crippen LogP contribution >= 0.6 is 22.9 Å². The quantitative estimate of drug-likeness (QED) is 0.371. The number of anilines is 2. The molecule has 3 aromatic heterocycles. The van der Waals surface area contributed by atoms with Gasteiger partial charge in [-0.2, -0.15) is 0 Å². The monoisotopic (exact) mass is 404 g/mol. The Hall–Kier alpha value is -3.22. The van der Waals surface area contributed by atoms with Gasteiger partial charge in [-0.15, -0.1) is 11.3 Å². The number of halogens is 1. The van der Waals surface area contributed by atoms with Crippen LogP contribution in [0.2, 0.25) is 5.02 Å². The number of benzene rings is 2. The number of nitrogens with one attached hydrogen (secondary N) is 2. The highest BCUT2D eigenvalue weighted by Crippen LogP contribution is 2.31. The lowest BCUT2D eigenvalue weighted by Crippen LogP contribution is -1.98. The Labute approximate surface area is 169 Å². The number of thiophene rings is 1. The van der Waals surface area contributed by atoms with Crippen molar-refractivity contribution < 1.29 is 4.79 Å². The topological polar surface area (TPSA) is 70.7 Å². The predicted octanol–water partition coefficient (Wildman–Crippen LogP) is 5.80. The molecular formula is C21H13ClN4OS. The zero-order chi connectivity index (χ0) is 19.1. The third-order valence-corrected chi connectivity index (χ3v) is 5.73. The average molecular weight is 405 g/mol. The van der Waals surface area contributed by atoms with Gasteiger partial charge < -0.3 is 10.3 Å². The van der Waals surface area contributed by atoms with Gasteiger partial charge in [-0.3, -0.25) is 4.79 Å². The van der Waals surface area contributed by atoms with Crippen LogP contribution in [0.1, 0.15) is 15.4 Å². The van der Waals surface area contributed by atoms with E-state index in [2.05, 4.69) is 20.3 Å². The molecule has 0 saturated carbocycles. The van der Waals surface area contributed by atoms with Crippen molar-refractivity contribution in [2.75, 3.05) is 5.32 Å². The Morgan fingerprint density at radius 3 is 2.68 bits per heavy atom. The number of hydrogen-bond acceptors (Lipinski definition) is 5. The molecule has 5 rings (SSSR count). The second kappa shape index (κ2) is 6.74. The Balaban J connectivity index is 1.52. The summed E-state index contributed by atoms with van der Waals surface area (Å²) in [7, 11) is 0. The minimum absolute atomic E-state index is 0.0587. The van der Waals surface area contributed by atoms with Gasteiger partial charge in [-0.05, 0) is 42.5 Å². The molecule has 0 unspecified atom stereocenters. The molecule has 0 spiro atoms. The van der Waals surface area contributed by atoms with E-state index in [1.165, 1.54) is 17.7 Å². The molecule has 3 heterocycles. The third-order valence-electron chi connectivity index (χ3n) is 4.43. The summed E-state index contributed by atoms with van der Waals surface area (Å²) >= 11 is 7.30. The van der Waals surface area contributed by atoms with Crippen LogP contribution in [0.4, 0.5) is 11.5 Å². The summed E-state index contributed by atoms with van der Waals surface area (Å²) in [5.41, 5.74) is 2.36. The summed E-state index contributed by atoms with van der Waals surface area (Å²) in [5, 5.41) is 5.75. The number of aromatic nitrogens is 3. The average Bonchev–Trinajstić information content (AvgIpc) is 3.34. The first-order valence-corrected chi connectivity index (χ1v) is 9.76. The largest absolute Gasteiger partial charge is 0.352 e. The molecule has 0 amide bonds. The first kappa shape index (κ1) is 16.9. The summed E-state index contributed by atoms with van der Waals surface area (Å²) < 4.78 is 0. The van der Waals surface area contributed by atoms with E-state index >= 15 is 0 Å². The molecular weight excluding hydrogens is 392 g/mol. The molecule has 0 radical (unpaired) electrons. The highest BCUT2D eigenvalue weighted by Gasteiger charge is 2.17. The van der Waals surface area contributed by atoms with Crippen LogP contribution in [-0.4, -0.2) is 20.7 Å². The Bertz CT molecular complexity index is 1290. The fourth-order valence-corrected chi connectivity index (χ4v) is 4.14. The molecule has 2 aromatic carbocycles. The van der Waals surface area contributed by atoms with Gasteiger partial charge in [0.25, 0.3) is 0 Å². The van der Waals surface area contributed by atoms with Crippen LogP contribution in [0.15, 0.2) is 67.0 Å². The van der Waals surface area contributed by atoms with E-state index in [9.17, 15) is 4.79 Å². The molecule has 7 heteroatoms. The fourth-order valence-electron chi connectivity index (χ4n) is 3.07. The van der Waals surface area contributed by atoms with Crippen LogP contribution in [0.25, 0.3) is 21.1 Å². The van der Waals surface area contributed by atoms with E-state index < -0.39 is 0 Å². The molecule has 0 fully saturated rings. The van der Waals surface area contributed by atoms with Crippen LogP contribution < -0.4 is 5.32 Å². The minimum atomic E-state index is -0.0587. The molecule has 0 atom stereocenters. The first-order chi connectivity index (χ1) is 13.7. The number of H-pyrrole nitrogens is 1. The van der Waals surface area contributed by atoms with Crippen molar-refractivity contribution in [2.24, 2.45) is 0 Å². The molecule has 0 aliphatic rings. The summed E-state index contributed by atoms with van der Waals surface area (Å²) in [4.78, 5) is 26.2. The normalized spacial score (nSPS) is 11.2. The van der Waals surface area contributed by atoms with Gasteiger partial charge >= 0.3 is 0 Å². The summed E-state index contributed by atoms with van der Waals surface area (Å²) in [6.45, 7) is 0. The Kier molecular flexibility index (Phi) is 4.07. The molecule has 2 N–H and O–H groups in total. The molecule has 0 bridgehead atoms. The number of hydrogen-bond donors (Lipinski definition) is 2. The number of aromatic amines is 1. The first-order valence-electron chi connectivity index (χ1n) is 8.57. The summed E-state index contributed by atoms with van der Waals surface area (Å²) in [6.07, 6.45) is 1.49. The molecule has 28 heavy (non-hydrogen) atoms. The third kappa shape index (κ3) is 3.02. The maximum atomic E-state index is 13.0. The summed E-state index contributed by atoms with van der Waals surface area (Å²) in [5.74, 6) is 0.593. The number of para-hydroxylation sites is 1. The van der Waals surface area contributed by atoms with Crippen molar-refractivity contribution in [3.63, 3.8) is 0 Å². The van der Waals surface area contributed by atoms with Crippen molar-refractivity contribution in [2.45, 2.75) is 0 Å². The molecule has 0 aliphatic heterocycles. The molecule has 5 aromatic rings. The molecule has 136 valence electrons. The number of nitrogens with zero attached hydrogens (tertiary/aromatic N) is 2. The van der Waals surface area contributed by atoms with Gasteiger partial charge in [0.2, 0.25) is 5.78 Å². The zero-order valence-electron chi connectivity index (χ0n) is 14.4. The van der Waals surface area contributed by atoms with E-state index in [0.717, 1.165) is 26.8 Å². The van der Waals surface area contributed by atoms with E-state index in [1.807, 2.05) is 48.5 Å². The lowest BCUT2D eigenvalue weighted by Gasteiger charge is -2.06. The Morgan fingerprint density at radius 1 is 1.04 bits per heavy atom. The number of carbonyl (C=O) groups is 1. The number of rotatable bonds is 4. The SMILES string of the molecule is O=C(c1cc2ccccc2[nH]1)c1cc2c(Nc3ccc(Cl)cc3)ncnc2s1.